The van der Waals surface area contributed by atoms with Crippen LogP contribution in [0.1, 0.15) is 27.2 Å². The van der Waals surface area contributed by atoms with Crippen molar-refractivity contribution in [1.82, 2.24) is 9.47 Å². The Morgan fingerprint density at radius 2 is 1.90 bits per heavy atom. The number of hydrogen-bond donors (Lipinski definition) is 1. The van der Waals surface area contributed by atoms with E-state index in [2.05, 4.69) is 47.1 Å². The van der Waals surface area contributed by atoms with Gasteiger partial charge < -0.3 is 14.8 Å². The van der Waals surface area contributed by atoms with Gasteiger partial charge in [0.05, 0.1) is 11.5 Å². The monoisotopic (exact) mass is 427 g/mol. The number of sulfone groups is 1. The van der Waals surface area contributed by atoms with E-state index < -0.39 is 15.9 Å². The number of benzene rings is 2. The van der Waals surface area contributed by atoms with Crippen LogP contribution in [-0.4, -0.2) is 53.9 Å². The molecule has 2 aromatic carbocycles. The minimum atomic E-state index is -3.03. The number of fused-ring (bicyclic) bond motifs is 3. The third-order valence-electron chi connectivity index (χ3n) is 6.12. The smallest absolute Gasteiger partial charge is 0.245 e. The van der Waals surface area contributed by atoms with Gasteiger partial charge in [0.25, 0.3) is 0 Å². The molecule has 0 saturated carbocycles. The molecule has 1 N–H and O–H groups in total. The maximum absolute atomic E-state index is 13.1. The minimum Gasteiger partial charge on any atom is -0.374 e. The molecular weight excluding hydrogens is 398 g/mol. The number of aryl methyl sites for hydroxylation is 1. The molecule has 0 spiro atoms. The molecule has 2 heterocycles. The largest absolute Gasteiger partial charge is 0.374 e. The van der Waals surface area contributed by atoms with Crippen molar-refractivity contribution >= 4 is 43.2 Å². The summed E-state index contributed by atoms with van der Waals surface area (Å²) in [4.78, 5) is 14.8. The van der Waals surface area contributed by atoms with Crippen LogP contribution < -0.4 is 5.32 Å². The summed E-state index contributed by atoms with van der Waals surface area (Å²) in [5, 5.41) is 5.69. The van der Waals surface area contributed by atoms with Crippen LogP contribution in [0, 0.1) is 0 Å². The number of para-hydroxylation sites is 1. The van der Waals surface area contributed by atoms with Gasteiger partial charge in [-0.1, -0.05) is 18.2 Å². The van der Waals surface area contributed by atoms with Gasteiger partial charge in [0.15, 0.2) is 9.84 Å². The summed E-state index contributed by atoms with van der Waals surface area (Å²) in [5.74, 6) is 0.180. The van der Waals surface area contributed by atoms with Crippen molar-refractivity contribution in [2.75, 3.05) is 23.4 Å². The van der Waals surface area contributed by atoms with Crippen molar-refractivity contribution < 1.29 is 13.2 Å². The molecule has 4 rings (SSSR count). The maximum Gasteiger partial charge on any atom is 0.245 e. The Morgan fingerprint density at radius 3 is 2.57 bits per heavy atom. The van der Waals surface area contributed by atoms with Crippen LogP contribution in [0.3, 0.4) is 0 Å². The first-order valence-electron chi connectivity index (χ1n) is 10.6. The van der Waals surface area contributed by atoms with Gasteiger partial charge in [-0.2, -0.15) is 0 Å². The first-order valence-corrected chi connectivity index (χ1v) is 12.4. The van der Waals surface area contributed by atoms with Crippen LogP contribution >= 0.6 is 0 Å². The second kappa shape index (κ2) is 7.95. The van der Waals surface area contributed by atoms with Gasteiger partial charge in [0.2, 0.25) is 5.91 Å². The Bertz CT molecular complexity index is 1200. The van der Waals surface area contributed by atoms with E-state index in [9.17, 15) is 13.2 Å². The lowest BCUT2D eigenvalue weighted by molar-refractivity contribution is -0.133. The predicted molar refractivity (Wildman–Crippen MR) is 123 cm³/mol. The van der Waals surface area contributed by atoms with Crippen LogP contribution in [0.4, 0.5) is 5.69 Å². The zero-order chi connectivity index (χ0) is 21.5. The summed E-state index contributed by atoms with van der Waals surface area (Å²) in [6.07, 6.45) is 0.525. The van der Waals surface area contributed by atoms with Gasteiger partial charge in [-0.25, -0.2) is 8.42 Å². The Labute approximate surface area is 177 Å². The molecule has 1 amide bonds. The molecule has 0 radical (unpaired) electrons. The number of carbonyl (C=O) groups is 1. The summed E-state index contributed by atoms with van der Waals surface area (Å²) < 4.78 is 26.0. The highest BCUT2D eigenvalue weighted by Crippen LogP contribution is 2.31. The number of nitrogens with zero attached hydrogens (tertiary/aromatic N) is 2. The fourth-order valence-electron chi connectivity index (χ4n) is 4.66. The molecule has 30 heavy (non-hydrogen) atoms. The number of rotatable bonds is 6. The molecule has 3 aromatic rings. The number of amides is 1. The Balaban J connectivity index is 1.59. The van der Waals surface area contributed by atoms with Gasteiger partial charge in [0, 0.05) is 46.6 Å². The van der Waals surface area contributed by atoms with Crippen molar-refractivity contribution in [2.45, 2.75) is 45.8 Å². The van der Waals surface area contributed by atoms with Crippen molar-refractivity contribution in [3.8, 4) is 0 Å². The maximum atomic E-state index is 13.1. The van der Waals surface area contributed by atoms with E-state index in [4.69, 9.17) is 0 Å². The van der Waals surface area contributed by atoms with E-state index in [1.54, 1.807) is 4.90 Å². The molecule has 160 valence electrons. The average Bonchev–Trinajstić information content (AvgIpc) is 3.25. The summed E-state index contributed by atoms with van der Waals surface area (Å²) in [6, 6.07) is 13.9. The summed E-state index contributed by atoms with van der Waals surface area (Å²) in [5.41, 5.74) is 3.27. The van der Waals surface area contributed by atoms with Crippen LogP contribution in [0.2, 0.25) is 0 Å². The van der Waals surface area contributed by atoms with E-state index in [0.29, 0.717) is 13.0 Å². The highest BCUT2D eigenvalue weighted by atomic mass is 32.2. The Hall–Kier alpha value is -2.54. The van der Waals surface area contributed by atoms with Crippen molar-refractivity contribution in [1.29, 1.82) is 0 Å². The highest BCUT2D eigenvalue weighted by molar-refractivity contribution is 7.91. The number of nitrogens with one attached hydrogen (secondary N) is 1. The number of anilines is 1. The molecule has 1 aliphatic rings. The zero-order valence-electron chi connectivity index (χ0n) is 17.8. The Morgan fingerprint density at radius 1 is 1.17 bits per heavy atom. The SMILES string of the molecule is CCN(C(=O)[C@H](C)Nc1ccc2c(c1)c1ccccc1n2CC)[C@@H]1CCS(=O)(=O)C1. The fourth-order valence-corrected chi connectivity index (χ4v) is 6.39. The van der Waals surface area contributed by atoms with E-state index in [1.807, 2.05) is 26.0 Å². The average molecular weight is 428 g/mol. The molecule has 0 bridgehead atoms. The van der Waals surface area contributed by atoms with Gasteiger partial charge in [-0.05, 0) is 51.5 Å². The second-order valence-electron chi connectivity index (χ2n) is 8.04. The minimum absolute atomic E-state index is 0.0596. The first-order chi connectivity index (χ1) is 14.3. The van der Waals surface area contributed by atoms with E-state index in [-0.39, 0.29) is 23.5 Å². The molecule has 0 unspecified atom stereocenters. The van der Waals surface area contributed by atoms with Crippen LogP contribution in [0.25, 0.3) is 21.8 Å². The molecule has 1 saturated heterocycles. The molecule has 1 aromatic heterocycles. The molecule has 0 aliphatic carbocycles. The topological polar surface area (TPSA) is 71.4 Å². The number of hydrogen-bond acceptors (Lipinski definition) is 4. The lowest BCUT2D eigenvalue weighted by Crippen LogP contribution is -2.47. The van der Waals surface area contributed by atoms with Gasteiger partial charge >= 0.3 is 0 Å². The van der Waals surface area contributed by atoms with Crippen molar-refractivity contribution in [2.24, 2.45) is 0 Å². The molecule has 6 nitrogen and oxygen atoms in total. The normalized spacial score (nSPS) is 19.2. The summed E-state index contributed by atoms with van der Waals surface area (Å²) in [7, 11) is -3.03. The van der Waals surface area contributed by atoms with Crippen LogP contribution in [0.15, 0.2) is 42.5 Å². The van der Waals surface area contributed by atoms with Crippen LogP contribution in [-0.2, 0) is 21.2 Å². The van der Waals surface area contributed by atoms with Gasteiger partial charge in [0.1, 0.15) is 6.04 Å². The standard InChI is InChI=1S/C23H29N3O3S/c1-4-25(18-12-13-30(28,29)15-18)23(27)16(3)24-17-10-11-22-20(14-17)19-8-6-7-9-21(19)26(22)5-2/h6-11,14,16,18,24H,4-5,12-13,15H2,1-3H3/t16-,18+/m0/s1. The third kappa shape index (κ3) is 3.67. The fraction of sp³-hybridized carbons (Fsp3) is 0.435. The van der Waals surface area contributed by atoms with E-state index >= 15 is 0 Å². The lowest BCUT2D eigenvalue weighted by Gasteiger charge is -2.30. The van der Waals surface area contributed by atoms with Crippen molar-refractivity contribution in [3.05, 3.63) is 42.5 Å². The van der Waals surface area contributed by atoms with Gasteiger partial charge in [-0.15, -0.1) is 0 Å². The number of likely N-dealkylation sites (N-methyl/N-ethyl adjacent to an activating group) is 1. The Kier molecular flexibility index (Phi) is 5.49. The number of carbonyl (C=O) groups excluding carboxylic acids is 1. The van der Waals surface area contributed by atoms with E-state index in [1.165, 1.54) is 16.4 Å². The summed E-state index contributed by atoms with van der Waals surface area (Å²) in [6.45, 7) is 7.28. The molecule has 7 heteroatoms. The third-order valence-corrected chi connectivity index (χ3v) is 7.87. The van der Waals surface area contributed by atoms with Gasteiger partial charge in [-0.3, -0.25) is 4.79 Å². The first kappa shape index (κ1) is 20.7. The summed E-state index contributed by atoms with van der Waals surface area (Å²) >= 11 is 0. The molecule has 2 atom stereocenters. The second-order valence-corrected chi connectivity index (χ2v) is 10.3. The predicted octanol–water partition coefficient (Wildman–Crippen LogP) is 3.65. The van der Waals surface area contributed by atoms with E-state index in [0.717, 1.165) is 17.6 Å². The lowest BCUT2D eigenvalue weighted by atomic mass is 10.1. The quantitative estimate of drug-likeness (QED) is 0.652. The molecular formula is C23H29N3O3S. The number of aromatic nitrogens is 1. The van der Waals surface area contributed by atoms with Crippen LogP contribution in [0.5, 0.6) is 0 Å². The molecule has 1 fully saturated rings. The molecule has 1 aliphatic heterocycles. The van der Waals surface area contributed by atoms with Crippen molar-refractivity contribution in [3.63, 3.8) is 0 Å². The highest BCUT2D eigenvalue weighted by Gasteiger charge is 2.35. The zero-order valence-corrected chi connectivity index (χ0v) is 18.6.